The first-order chi connectivity index (χ1) is 6.22. The van der Waals surface area contributed by atoms with Gasteiger partial charge in [0.05, 0.1) is 0 Å². The third kappa shape index (κ3) is 3.99. The van der Waals surface area contributed by atoms with Crippen LogP contribution in [0.15, 0.2) is 18.2 Å². The van der Waals surface area contributed by atoms with E-state index in [1.54, 1.807) is 12.1 Å². The molecule has 0 unspecified atom stereocenters. The first kappa shape index (κ1) is 10.8. The number of pyridine rings is 1. The molecule has 1 heterocycles. The number of allylic oxidation sites excluding steroid dienone is 1. The predicted molar refractivity (Wildman–Crippen MR) is 58.6 cm³/mol. The molecule has 4 heteroatoms. The number of halogens is 3. The maximum atomic E-state index is 5.71. The molecule has 1 aromatic rings. The van der Waals surface area contributed by atoms with Crippen molar-refractivity contribution in [3.8, 4) is 0 Å². The summed E-state index contributed by atoms with van der Waals surface area (Å²) in [4.78, 5) is 3.83. The van der Waals surface area contributed by atoms with E-state index in [0.717, 1.165) is 12.0 Å². The van der Waals surface area contributed by atoms with Crippen molar-refractivity contribution >= 4 is 40.9 Å². The molecule has 0 saturated carbocycles. The fraction of sp³-hybridized carbons (Fsp3) is 0.222. The Morgan fingerprint density at radius 2 is 1.85 bits per heavy atom. The molecule has 0 aliphatic rings. The summed E-state index contributed by atoms with van der Waals surface area (Å²) in [5.74, 6) is 0.614. The first-order valence-electron chi connectivity index (χ1n) is 3.78. The second-order valence-corrected chi connectivity index (χ2v) is 3.58. The molecule has 1 nitrogen and oxygen atoms in total. The van der Waals surface area contributed by atoms with Crippen LogP contribution in [0.4, 0.5) is 0 Å². The zero-order valence-corrected chi connectivity index (χ0v) is 9.07. The van der Waals surface area contributed by atoms with Gasteiger partial charge in [0, 0.05) is 5.88 Å². The summed E-state index contributed by atoms with van der Waals surface area (Å²) in [6, 6.07) is 3.50. The van der Waals surface area contributed by atoms with Crippen molar-refractivity contribution in [1.29, 1.82) is 0 Å². The van der Waals surface area contributed by atoms with E-state index in [4.69, 9.17) is 34.8 Å². The summed E-state index contributed by atoms with van der Waals surface area (Å²) >= 11 is 16.9. The van der Waals surface area contributed by atoms with E-state index in [-0.39, 0.29) is 0 Å². The zero-order chi connectivity index (χ0) is 9.68. The van der Waals surface area contributed by atoms with Crippen LogP contribution in [-0.4, -0.2) is 10.9 Å². The lowest BCUT2D eigenvalue weighted by Crippen LogP contribution is -1.79. The molecule has 0 bridgehead atoms. The number of nitrogens with zero attached hydrogens (tertiary/aromatic N) is 1. The molecule has 0 N–H and O–H groups in total. The van der Waals surface area contributed by atoms with Crippen molar-refractivity contribution in [1.82, 2.24) is 4.98 Å². The summed E-state index contributed by atoms with van der Waals surface area (Å²) in [7, 11) is 0. The highest BCUT2D eigenvalue weighted by Gasteiger charge is 1.95. The standard InChI is InChI=1S/C9H8Cl3N/c10-4-2-1-3-7-5-8(11)13-9(12)6-7/h1,3,5-6H,2,4H2. The van der Waals surface area contributed by atoms with Gasteiger partial charge < -0.3 is 0 Å². The maximum Gasteiger partial charge on any atom is 0.131 e. The summed E-state index contributed by atoms with van der Waals surface area (Å²) in [5, 5.41) is 0.802. The molecule has 0 aliphatic carbocycles. The van der Waals surface area contributed by atoms with Crippen LogP contribution < -0.4 is 0 Å². The van der Waals surface area contributed by atoms with Gasteiger partial charge in [-0.1, -0.05) is 35.4 Å². The molecular weight excluding hydrogens is 228 g/mol. The van der Waals surface area contributed by atoms with E-state index < -0.39 is 0 Å². The lowest BCUT2D eigenvalue weighted by molar-refractivity contribution is 1.24. The Bertz CT molecular complexity index is 289. The Morgan fingerprint density at radius 3 is 2.38 bits per heavy atom. The van der Waals surface area contributed by atoms with E-state index >= 15 is 0 Å². The van der Waals surface area contributed by atoms with Crippen LogP contribution in [0.2, 0.25) is 10.3 Å². The molecule has 0 fully saturated rings. The van der Waals surface area contributed by atoms with Crippen LogP contribution in [-0.2, 0) is 0 Å². The van der Waals surface area contributed by atoms with Gasteiger partial charge in [0.15, 0.2) is 0 Å². The number of hydrogen-bond donors (Lipinski definition) is 0. The molecule has 13 heavy (non-hydrogen) atoms. The molecule has 0 amide bonds. The summed E-state index contributed by atoms with van der Waals surface area (Å²) < 4.78 is 0. The van der Waals surface area contributed by atoms with Crippen molar-refractivity contribution in [2.24, 2.45) is 0 Å². The SMILES string of the molecule is ClCCC=Cc1cc(Cl)nc(Cl)c1. The topological polar surface area (TPSA) is 12.9 Å². The third-order valence-corrected chi connectivity index (χ3v) is 1.98. The number of aromatic nitrogens is 1. The van der Waals surface area contributed by atoms with Crippen LogP contribution in [0.25, 0.3) is 6.08 Å². The van der Waals surface area contributed by atoms with Gasteiger partial charge in [-0.05, 0) is 24.1 Å². The monoisotopic (exact) mass is 235 g/mol. The Hall–Kier alpha value is -0.240. The van der Waals surface area contributed by atoms with Crippen LogP contribution in [0.1, 0.15) is 12.0 Å². The van der Waals surface area contributed by atoms with Gasteiger partial charge in [-0.25, -0.2) is 4.98 Å². The second-order valence-electron chi connectivity index (χ2n) is 2.43. The second kappa shape index (κ2) is 5.48. The van der Waals surface area contributed by atoms with Gasteiger partial charge in [0.25, 0.3) is 0 Å². The molecule has 70 valence electrons. The van der Waals surface area contributed by atoms with Crippen LogP contribution in [0.5, 0.6) is 0 Å². The van der Waals surface area contributed by atoms with Gasteiger partial charge in [-0.3, -0.25) is 0 Å². The number of rotatable bonds is 3. The highest BCUT2D eigenvalue weighted by atomic mass is 35.5. The fourth-order valence-electron chi connectivity index (χ4n) is 0.862. The first-order valence-corrected chi connectivity index (χ1v) is 5.07. The number of hydrogen-bond acceptors (Lipinski definition) is 1. The van der Waals surface area contributed by atoms with Crippen LogP contribution in [0, 0.1) is 0 Å². The average Bonchev–Trinajstić information content (AvgIpc) is 2.03. The lowest BCUT2D eigenvalue weighted by atomic mass is 10.2. The minimum atomic E-state index is 0.401. The molecular formula is C9H8Cl3N. The largest absolute Gasteiger partial charge is 0.224 e. The Kier molecular flexibility index (Phi) is 4.57. The molecule has 0 aromatic carbocycles. The summed E-state index contributed by atoms with van der Waals surface area (Å²) in [6.45, 7) is 0. The van der Waals surface area contributed by atoms with Gasteiger partial charge in [-0.2, -0.15) is 0 Å². The fourth-order valence-corrected chi connectivity index (χ4v) is 1.47. The van der Waals surface area contributed by atoms with Gasteiger partial charge in [0.2, 0.25) is 0 Å². The minimum absolute atomic E-state index is 0.401. The molecule has 0 atom stereocenters. The van der Waals surface area contributed by atoms with E-state index in [9.17, 15) is 0 Å². The Labute approximate surface area is 92.3 Å². The third-order valence-electron chi connectivity index (χ3n) is 1.37. The van der Waals surface area contributed by atoms with Crippen LogP contribution in [0.3, 0.4) is 0 Å². The van der Waals surface area contributed by atoms with E-state index in [0.29, 0.717) is 16.2 Å². The smallest absolute Gasteiger partial charge is 0.131 e. The highest BCUT2D eigenvalue weighted by Crippen LogP contribution is 2.15. The maximum absolute atomic E-state index is 5.71. The van der Waals surface area contributed by atoms with Crippen LogP contribution >= 0.6 is 34.8 Å². The van der Waals surface area contributed by atoms with Crippen molar-refractivity contribution in [3.63, 3.8) is 0 Å². The van der Waals surface area contributed by atoms with E-state index in [1.807, 2.05) is 12.2 Å². The minimum Gasteiger partial charge on any atom is -0.224 e. The molecule has 1 aromatic heterocycles. The van der Waals surface area contributed by atoms with Crippen molar-refractivity contribution in [2.45, 2.75) is 6.42 Å². The van der Waals surface area contributed by atoms with Gasteiger partial charge in [0.1, 0.15) is 10.3 Å². The van der Waals surface area contributed by atoms with Crippen molar-refractivity contribution < 1.29 is 0 Å². The lowest BCUT2D eigenvalue weighted by Gasteiger charge is -1.95. The Balaban J connectivity index is 2.77. The number of alkyl halides is 1. The summed E-state index contributed by atoms with van der Waals surface area (Å²) in [5.41, 5.74) is 0.940. The molecule has 0 spiro atoms. The van der Waals surface area contributed by atoms with E-state index in [1.165, 1.54) is 0 Å². The summed E-state index contributed by atoms with van der Waals surface area (Å²) in [6.07, 6.45) is 4.72. The molecule has 1 rings (SSSR count). The molecule has 0 aliphatic heterocycles. The average molecular weight is 237 g/mol. The van der Waals surface area contributed by atoms with Crippen molar-refractivity contribution in [3.05, 3.63) is 34.1 Å². The normalized spacial score (nSPS) is 11.0. The van der Waals surface area contributed by atoms with E-state index in [2.05, 4.69) is 4.98 Å². The quantitative estimate of drug-likeness (QED) is 0.570. The molecule has 0 saturated heterocycles. The van der Waals surface area contributed by atoms with Gasteiger partial charge >= 0.3 is 0 Å². The molecule has 0 radical (unpaired) electrons. The van der Waals surface area contributed by atoms with Gasteiger partial charge in [-0.15, -0.1) is 11.6 Å². The predicted octanol–water partition coefficient (Wildman–Crippen LogP) is 4.03. The Morgan fingerprint density at radius 1 is 1.23 bits per heavy atom. The van der Waals surface area contributed by atoms with Crippen molar-refractivity contribution in [2.75, 3.05) is 5.88 Å². The highest BCUT2D eigenvalue weighted by molar-refractivity contribution is 6.32. The zero-order valence-electron chi connectivity index (χ0n) is 6.80.